The van der Waals surface area contributed by atoms with Crippen molar-refractivity contribution < 1.29 is 27.4 Å². The Labute approximate surface area is 343 Å². The molecule has 0 atom stereocenters. The zero-order chi connectivity index (χ0) is 42.2. The van der Waals surface area contributed by atoms with Gasteiger partial charge in [0, 0.05) is 93.8 Å². The molecule has 0 unspecified atom stereocenters. The number of nitrogens with zero attached hydrogens (tertiary/aromatic N) is 12. The van der Waals surface area contributed by atoms with Crippen LogP contribution >= 0.6 is 11.6 Å². The lowest BCUT2D eigenvalue weighted by Crippen LogP contribution is -2.32. The molecular weight excluding hydrogens is 796 g/mol. The maximum atomic E-state index is 13.5. The number of rotatable bonds is 10. The van der Waals surface area contributed by atoms with Crippen molar-refractivity contribution in [2.75, 3.05) is 10.6 Å². The van der Waals surface area contributed by atoms with E-state index in [-0.39, 0.29) is 51.0 Å². The lowest BCUT2D eigenvalue weighted by Gasteiger charge is -2.29. The maximum absolute atomic E-state index is 13.5. The van der Waals surface area contributed by atoms with Crippen LogP contribution in [0.15, 0.2) is 61.4 Å². The Morgan fingerprint density at radius 3 is 1.63 bits per heavy atom. The predicted octanol–water partition coefficient (Wildman–Crippen LogP) is 6.80. The molecule has 2 fully saturated rings. The van der Waals surface area contributed by atoms with Gasteiger partial charge in [-0.25, -0.2) is 41.9 Å². The molecule has 6 heterocycles. The molecule has 2 aliphatic rings. The summed E-state index contributed by atoms with van der Waals surface area (Å²) in [6.45, 7) is 3.95. The van der Waals surface area contributed by atoms with Crippen LogP contribution in [0.5, 0.6) is 5.88 Å². The first-order valence-corrected chi connectivity index (χ1v) is 19.4. The minimum absolute atomic E-state index is 0.0178. The van der Waals surface area contributed by atoms with E-state index in [9.17, 15) is 17.6 Å². The van der Waals surface area contributed by atoms with Crippen molar-refractivity contribution in [2.24, 2.45) is 14.1 Å². The number of pyridine rings is 2. The number of nitrogens with one attached hydrogen (secondary N) is 2. The van der Waals surface area contributed by atoms with Crippen molar-refractivity contribution in [2.45, 2.75) is 102 Å². The fourth-order valence-electron chi connectivity index (χ4n) is 6.43. The van der Waals surface area contributed by atoms with E-state index in [1.807, 2.05) is 44.3 Å². The first kappa shape index (κ1) is 43.0. The first-order valence-electron chi connectivity index (χ1n) is 19.1. The quantitative estimate of drug-likeness (QED) is 0.0973. The van der Waals surface area contributed by atoms with Crippen LogP contribution in [0.2, 0.25) is 5.15 Å². The molecule has 2 saturated carbocycles. The fourth-order valence-corrected chi connectivity index (χ4v) is 6.63. The second-order valence-corrected chi connectivity index (χ2v) is 14.9. The van der Waals surface area contributed by atoms with E-state index in [0.717, 1.165) is 22.8 Å². The summed E-state index contributed by atoms with van der Waals surface area (Å²) in [5.41, 5.74) is 3.27. The number of ether oxygens (including phenoxy) is 1. The average Bonchev–Trinajstić information content (AvgIpc) is 4.02. The van der Waals surface area contributed by atoms with E-state index in [1.54, 1.807) is 46.5 Å². The number of aromatic nitrogens is 12. The molecule has 0 bridgehead atoms. The Balaban J connectivity index is 0.000000171. The van der Waals surface area contributed by atoms with Crippen LogP contribution in [0.4, 0.5) is 28.9 Å². The largest absolute Gasteiger partial charge is 0.469 e. The van der Waals surface area contributed by atoms with Gasteiger partial charge in [0.1, 0.15) is 31.0 Å². The SMILES string of the molecule is Cc1ccn(-c2cc(NC3CCC(F)(F)CC3)cc(Cl)n2)n1.Cc1ccn(-c2cc(NC3CCC(F)(F)CC3)cc(OCc3ncnn3C)n2)n1.Cn1ncnc1CO. The predicted molar refractivity (Wildman–Crippen MR) is 211 cm³/mol. The smallest absolute Gasteiger partial charge is 0.248 e. The van der Waals surface area contributed by atoms with Crippen molar-refractivity contribution in [3.8, 4) is 17.5 Å². The number of alkyl halides is 4. The first-order chi connectivity index (χ1) is 28.1. The maximum Gasteiger partial charge on any atom is 0.248 e. The highest BCUT2D eigenvalue weighted by Gasteiger charge is 2.36. The van der Waals surface area contributed by atoms with E-state index < -0.39 is 11.8 Å². The molecule has 6 aromatic heterocycles. The number of aliphatic hydroxyl groups is 1. The molecule has 0 amide bonds. The third-order valence-corrected chi connectivity index (χ3v) is 9.95. The molecular formula is C38H47ClF4N14O2. The van der Waals surface area contributed by atoms with Gasteiger partial charge in [-0.15, -0.1) is 0 Å². The van der Waals surface area contributed by atoms with E-state index in [4.69, 9.17) is 21.4 Å². The fraction of sp³-hybridized carbons (Fsp3) is 0.474. The molecule has 16 nitrogen and oxygen atoms in total. The second kappa shape index (κ2) is 19.0. The Bertz CT molecular complexity index is 2260. The van der Waals surface area contributed by atoms with Crippen molar-refractivity contribution >= 4 is 23.0 Å². The van der Waals surface area contributed by atoms with Gasteiger partial charge >= 0.3 is 0 Å². The van der Waals surface area contributed by atoms with Crippen LogP contribution in [-0.2, 0) is 27.3 Å². The molecule has 59 heavy (non-hydrogen) atoms. The summed E-state index contributed by atoms with van der Waals surface area (Å²) >= 11 is 6.06. The van der Waals surface area contributed by atoms with E-state index >= 15 is 0 Å². The van der Waals surface area contributed by atoms with Crippen molar-refractivity contribution in [3.63, 3.8) is 0 Å². The van der Waals surface area contributed by atoms with Gasteiger partial charge < -0.3 is 20.5 Å². The number of anilines is 2. The molecule has 3 N–H and O–H groups in total. The summed E-state index contributed by atoms with van der Waals surface area (Å²) in [5.74, 6) is -2.26. The lowest BCUT2D eigenvalue weighted by atomic mass is 9.92. The molecule has 0 aromatic carbocycles. The van der Waals surface area contributed by atoms with Gasteiger partial charge in [-0.2, -0.15) is 25.4 Å². The average molecular weight is 843 g/mol. The summed E-state index contributed by atoms with van der Waals surface area (Å²) < 4.78 is 65.6. The molecule has 0 saturated heterocycles. The van der Waals surface area contributed by atoms with Crippen molar-refractivity contribution in [1.82, 2.24) is 59.1 Å². The van der Waals surface area contributed by atoms with Gasteiger partial charge in [0.2, 0.25) is 17.7 Å². The second-order valence-electron chi connectivity index (χ2n) is 14.5. The Hall–Kier alpha value is -5.63. The Kier molecular flexibility index (Phi) is 13.8. The minimum atomic E-state index is -2.56. The third-order valence-electron chi connectivity index (χ3n) is 9.76. The summed E-state index contributed by atoms with van der Waals surface area (Å²) in [6.07, 6.45) is 7.87. The third kappa shape index (κ3) is 12.4. The number of hydrogen-bond donors (Lipinski definition) is 3. The Morgan fingerprint density at radius 1 is 0.729 bits per heavy atom. The van der Waals surface area contributed by atoms with Gasteiger partial charge in [0.15, 0.2) is 23.3 Å². The van der Waals surface area contributed by atoms with Gasteiger partial charge in [-0.3, -0.25) is 9.36 Å². The highest BCUT2D eigenvalue weighted by Crippen LogP contribution is 2.36. The van der Waals surface area contributed by atoms with Gasteiger partial charge in [-0.05, 0) is 57.7 Å². The zero-order valence-corrected chi connectivity index (χ0v) is 33.9. The molecule has 0 aliphatic heterocycles. The van der Waals surface area contributed by atoms with E-state index in [0.29, 0.717) is 60.0 Å². The van der Waals surface area contributed by atoms with Gasteiger partial charge in [-0.1, -0.05) is 11.6 Å². The van der Waals surface area contributed by atoms with Crippen molar-refractivity contribution in [1.29, 1.82) is 0 Å². The zero-order valence-electron chi connectivity index (χ0n) is 33.1. The van der Waals surface area contributed by atoms with E-state index in [2.05, 4.69) is 51.0 Å². The van der Waals surface area contributed by atoms with Crippen LogP contribution in [0.1, 0.15) is 74.4 Å². The highest BCUT2D eigenvalue weighted by atomic mass is 35.5. The number of hydrogen-bond acceptors (Lipinski definition) is 12. The van der Waals surface area contributed by atoms with Gasteiger partial charge in [0.25, 0.3) is 0 Å². The van der Waals surface area contributed by atoms with Crippen LogP contribution in [0.25, 0.3) is 11.6 Å². The van der Waals surface area contributed by atoms with Crippen LogP contribution in [0.3, 0.4) is 0 Å². The summed E-state index contributed by atoms with van der Waals surface area (Å²) in [7, 11) is 3.52. The number of aryl methyl sites for hydroxylation is 4. The van der Waals surface area contributed by atoms with Crippen LogP contribution in [-0.4, -0.2) is 88.1 Å². The molecule has 21 heteroatoms. The molecule has 0 radical (unpaired) electrons. The summed E-state index contributed by atoms with van der Waals surface area (Å²) in [4.78, 5) is 16.6. The molecule has 0 spiro atoms. The number of halogens is 5. The molecule has 316 valence electrons. The standard InChI is InChI=1S/C19H23F2N7O.C15H17ClF2N4.C4H7N3O/c1-13-5-8-28(26-13)16-9-15(24-14-3-6-19(20,21)7-4-14)10-18(25-16)29-11-17-22-12-23-27(17)2;1-10-4-7-22(21-10)14-9-12(8-13(16)20-14)19-11-2-5-15(17,18)6-3-11;1-7-4(2-8)5-3-6-7/h5,8-10,12,14H,3-4,6-7,11H2,1-2H3,(H,24,25);4,7-9,11H,2-3,5-6H2,1H3,(H,19,20);3,8H,2H2,1H3. The van der Waals surface area contributed by atoms with Crippen LogP contribution in [0, 0.1) is 13.8 Å². The Morgan fingerprint density at radius 2 is 1.20 bits per heavy atom. The molecule has 2 aliphatic carbocycles. The minimum Gasteiger partial charge on any atom is -0.469 e. The number of aliphatic hydroxyl groups excluding tert-OH is 1. The molecule has 6 aromatic rings. The summed E-state index contributed by atoms with van der Waals surface area (Å²) in [5, 5.41) is 31.9. The van der Waals surface area contributed by atoms with Crippen LogP contribution < -0.4 is 15.4 Å². The topological polar surface area (TPSA) is 176 Å². The molecule has 8 rings (SSSR count). The monoisotopic (exact) mass is 842 g/mol. The lowest BCUT2D eigenvalue weighted by molar-refractivity contribution is -0.0366. The van der Waals surface area contributed by atoms with Crippen molar-refractivity contribution in [3.05, 3.63) is 89.6 Å². The van der Waals surface area contributed by atoms with Gasteiger partial charge in [0.05, 0.1) is 11.4 Å². The summed E-state index contributed by atoms with van der Waals surface area (Å²) in [6, 6.07) is 10.9. The van der Waals surface area contributed by atoms with E-state index in [1.165, 1.54) is 17.3 Å². The normalized spacial score (nSPS) is 16.4. The highest BCUT2D eigenvalue weighted by molar-refractivity contribution is 6.29.